The monoisotopic (exact) mass is 276 g/mol. The Bertz CT molecular complexity index is 533. The highest BCUT2D eigenvalue weighted by molar-refractivity contribution is 5.81. The van der Waals surface area contributed by atoms with Crippen molar-refractivity contribution in [1.29, 1.82) is 0 Å². The van der Waals surface area contributed by atoms with Gasteiger partial charge in [-0.2, -0.15) is 0 Å². The molecule has 1 N–H and O–H groups in total. The van der Waals surface area contributed by atoms with Crippen LogP contribution in [0.3, 0.4) is 0 Å². The number of nitrogens with one attached hydrogen (secondary N) is 1. The summed E-state index contributed by atoms with van der Waals surface area (Å²) in [6.07, 6.45) is 3.40. The molecule has 4 nitrogen and oxygen atoms in total. The minimum Gasteiger partial charge on any atom is -0.373 e. The maximum Gasteiger partial charge on any atom is 0.238 e. The van der Waals surface area contributed by atoms with Crippen LogP contribution in [0.5, 0.6) is 0 Å². The minimum absolute atomic E-state index is 0.112. The number of hydrogen-bond donors (Lipinski definition) is 1. The van der Waals surface area contributed by atoms with Crippen LogP contribution in [0.25, 0.3) is 0 Å². The second kappa shape index (κ2) is 4.53. The second-order valence-corrected chi connectivity index (χ2v) is 5.81. The molecule has 3 aliphatic heterocycles. The normalized spacial score (nSPS) is 36.0. The Morgan fingerprint density at radius 2 is 2.05 bits per heavy atom. The van der Waals surface area contributed by atoms with Crippen molar-refractivity contribution in [3.05, 3.63) is 35.6 Å². The predicted octanol–water partition coefficient (Wildman–Crippen LogP) is 1.58. The van der Waals surface area contributed by atoms with E-state index in [4.69, 9.17) is 4.74 Å². The molecule has 4 atom stereocenters. The molecule has 0 spiro atoms. The maximum atomic E-state index is 13.0. The van der Waals surface area contributed by atoms with Crippen molar-refractivity contribution in [1.82, 2.24) is 10.2 Å². The van der Waals surface area contributed by atoms with Crippen LogP contribution in [0.4, 0.5) is 4.39 Å². The standard InChI is InChI=1S/C15H17FN2O2/c16-10-3-1-9(2-4-10)15-17-8-14(19)18(15)12-7-11-5-6-13(12)20-11/h1-4,11-13,15,17H,5-8H2. The Labute approximate surface area is 116 Å². The van der Waals surface area contributed by atoms with Crippen molar-refractivity contribution in [2.45, 2.75) is 43.7 Å². The van der Waals surface area contributed by atoms with Crippen LogP contribution in [0.15, 0.2) is 24.3 Å². The number of rotatable bonds is 2. The van der Waals surface area contributed by atoms with Gasteiger partial charge in [0.05, 0.1) is 24.8 Å². The quantitative estimate of drug-likeness (QED) is 0.891. The number of benzene rings is 1. The number of halogens is 1. The molecule has 3 fully saturated rings. The van der Waals surface area contributed by atoms with E-state index in [0.717, 1.165) is 24.8 Å². The summed E-state index contributed by atoms with van der Waals surface area (Å²) in [5.74, 6) is -0.145. The van der Waals surface area contributed by atoms with Crippen LogP contribution in [0.2, 0.25) is 0 Å². The molecule has 3 saturated heterocycles. The fraction of sp³-hybridized carbons (Fsp3) is 0.533. The summed E-state index contributed by atoms with van der Waals surface area (Å²) in [4.78, 5) is 14.1. The molecular formula is C15H17FN2O2. The molecule has 3 aliphatic rings. The van der Waals surface area contributed by atoms with Gasteiger partial charge in [0.1, 0.15) is 12.0 Å². The van der Waals surface area contributed by atoms with E-state index in [1.807, 2.05) is 4.90 Å². The molecule has 106 valence electrons. The third kappa shape index (κ3) is 1.84. The summed E-state index contributed by atoms with van der Waals surface area (Å²) in [5.41, 5.74) is 0.931. The third-order valence-electron chi connectivity index (χ3n) is 4.63. The summed E-state index contributed by atoms with van der Waals surface area (Å²) in [5, 5.41) is 3.23. The number of carbonyl (C=O) groups excluding carboxylic acids is 1. The Kier molecular flexibility index (Phi) is 2.79. The second-order valence-electron chi connectivity index (χ2n) is 5.81. The first-order valence-corrected chi connectivity index (χ1v) is 7.18. The zero-order valence-electron chi connectivity index (χ0n) is 11.1. The van der Waals surface area contributed by atoms with Gasteiger partial charge in [0, 0.05) is 0 Å². The first kappa shape index (κ1) is 12.3. The summed E-state index contributed by atoms with van der Waals surface area (Å²) in [6, 6.07) is 6.52. The van der Waals surface area contributed by atoms with E-state index in [9.17, 15) is 9.18 Å². The Morgan fingerprint density at radius 3 is 2.70 bits per heavy atom. The molecule has 5 heteroatoms. The summed E-state index contributed by atoms with van der Waals surface area (Å²) < 4.78 is 18.9. The molecule has 2 bridgehead atoms. The van der Waals surface area contributed by atoms with Gasteiger partial charge in [0.2, 0.25) is 5.91 Å². The molecule has 0 saturated carbocycles. The first-order valence-electron chi connectivity index (χ1n) is 7.18. The Morgan fingerprint density at radius 1 is 1.25 bits per heavy atom. The van der Waals surface area contributed by atoms with Crippen LogP contribution >= 0.6 is 0 Å². The highest BCUT2D eigenvalue weighted by atomic mass is 19.1. The van der Waals surface area contributed by atoms with Crippen LogP contribution in [0, 0.1) is 5.82 Å². The lowest BCUT2D eigenvalue weighted by molar-refractivity contribution is -0.131. The number of ether oxygens (including phenoxy) is 1. The van der Waals surface area contributed by atoms with Gasteiger partial charge >= 0.3 is 0 Å². The lowest BCUT2D eigenvalue weighted by Crippen LogP contribution is -2.45. The predicted molar refractivity (Wildman–Crippen MR) is 70.3 cm³/mol. The van der Waals surface area contributed by atoms with Gasteiger partial charge in [0.25, 0.3) is 0 Å². The molecule has 0 aromatic heterocycles. The summed E-state index contributed by atoms with van der Waals surface area (Å²) >= 11 is 0. The van der Waals surface area contributed by atoms with E-state index >= 15 is 0 Å². The van der Waals surface area contributed by atoms with Crippen LogP contribution < -0.4 is 5.32 Å². The average Bonchev–Trinajstić information content (AvgIpc) is 3.14. The fourth-order valence-corrected chi connectivity index (χ4v) is 3.72. The van der Waals surface area contributed by atoms with E-state index < -0.39 is 0 Å². The van der Waals surface area contributed by atoms with Gasteiger partial charge in [-0.15, -0.1) is 0 Å². The number of hydrogen-bond acceptors (Lipinski definition) is 3. The van der Waals surface area contributed by atoms with E-state index in [0.29, 0.717) is 12.6 Å². The van der Waals surface area contributed by atoms with Crippen molar-refractivity contribution < 1.29 is 13.9 Å². The fourth-order valence-electron chi connectivity index (χ4n) is 3.72. The summed E-state index contributed by atoms with van der Waals surface area (Å²) in [7, 11) is 0. The van der Waals surface area contributed by atoms with Gasteiger partial charge in [-0.1, -0.05) is 12.1 Å². The molecule has 3 heterocycles. The van der Waals surface area contributed by atoms with Crippen molar-refractivity contribution in [2.24, 2.45) is 0 Å². The Hall–Kier alpha value is -1.46. The lowest BCUT2D eigenvalue weighted by Gasteiger charge is -2.34. The molecule has 1 aromatic carbocycles. The van der Waals surface area contributed by atoms with Gasteiger partial charge in [-0.05, 0) is 37.0 Å². The van der Waals surface area contributed by atoms with E-state index in [-0.39, 0.29) is 30.0 Å². The van der Waals surface area contributed by atoms with Crippen LogP contribution in [-0.4, -0.2) is 35.6 Å². The van der Waals surface area contributed by atoms with Crippen molar-refractivity contribution in [2.75, 3.05) is 6.54 Å². The topological polar surface area (TPSA) is 41.6 Å². The number of amides is 1. The minimum atomic E-state index is -0.257. The molecule has 1 amide bonds. The molecule has 4 rings (SSSR count). The largest absolute Gasteiger partial charge is 0.373 e. The zero-order valence-corrected chi connectivity index (χ0v) is 11.1. The van der Waals surface area contributed by atoms with E-state index in [1.165, 1.54) is 12.1 Å². The average molecular weight is 276 g/mol. The number of carbonyl (C=O) groups is 1. The van der Waals surface area contributed by atoms with Gasteiger partial charge in [-0.25, -0.2) is 4.39 Å². The third-order valence-corrected chi connectivity index (χ3v) is 4.63. The smallest absolute Gasteiger partial charge is 0.238 e. The maximum absolute atomic E-state index is 13.0. The Balaban J connectivity index is 1.62. The van der Waals surface area contributed by atoms with Crippen molar-refractivity contribution in [3.8, 4) is 0 Å². The lowest BCUT2D eigenvalue weighted by atomic mass is 9.93. The summed E-state index contributed by atoms with van der Waals surface area (Å²) in [6.45, 7) is 0.343. The highest BCUT2D eigenvalue weighted by Gasteiger charge is 2.48. The van der Waals surface area contributed by atoms with Gasteiger partial charge < -0.3 is 9.64 Å². The van der Waals surface area contributed by atoms with Gasteiger partial charge in [-0.3, -0.25) is 10.1 Å². The SMILES string of the molecule is O=C1CNC(c2ccc(F)cc2)N1C1CC2CCC1O2. The molecule has 1 aromatic rings. The molecular weight excluding hydrogens is 259 g/mol. The van der Waals surface area contributed by atoms with Crippen molar-refractivity contribution in [3.63, 3.8) is 0 Å². The van der Waals surface area contributed by atoms with Gasteiger partial charge in [0.15, 0.2) is 0 Å². The van der Waals surface area contributed by atoms with Crippen LogP contribution in [-0.2, 0) is 9.53 Å². The first-order chi connectivity index (χ1) is 9.72. The van der Waals surface area contributed by atoms with E-state index in [1.54, 1.807) is 12.1 Å². The van der Waals surface area contributed by atoms with Crippen molar-refractivity contribution >= 4 is 5.91 Å². The number of nitrogens with zero attached hydrogens (tertiary/aromatic N) is 1. The van der Waals surface area contributed by atoms with E-state index in [2.05, 4.69) is 5.32 Å². The zero-order chi connectivity index (χ0) is 13.7. The number of fused-ring (bicyclic) bond motifs is 2. The molecule has 0 aliphatic carbocycles. The molecule has 0 radical (unpaired) electrons. The molecule has 4 unspecified atom stereocenters. The van der Waals surface area contributed by atoms with Crippen LogP contribution in [0.1, 0.15) is 31.0 Å². The highest BCUT2D eigenvalue weighted by Crippen LogP contribution is 2.40. The molecule has 20 heavy (non-hydrogen) atoms.